The summed E-state index contributed by atoms with van der Waals surface area (Å²) >= 11 is 0. The van der Waals surface area contributed by atoms with Crippen LogP contribution in [0.2, 0.25) is 0 Å². The Balaban J connectivity index is 4.36. The van der Waals surface area contributed by atoms with Crippen LogP contribution in [0.15, 0.2) is 12.2 Å². The van der Waals surface area contributed by atoms with E-state index in [2.05, 4.69) is 20.8 Å². The van der Waals surface area contributed by atoms with E-state index in [9.17, 15) is 4.79 Å². The second kappa shape index (κ2) is 8.37. The Morgan fingerprint density at radius 2 is 1.81 bits per heavy atom. The van der Waals surface area contributed by atoms with Gasteiger partial charge in [0, 0.05) is 6.08 Å². The van der Waals surface area contributed by atoms with Crippen LogP contribution in [0, 0.1) is 0 Å². The highest BCUT2D eigenvalue weighted by Gasteiger charge is 2.29. The van der Waals surface area contributed by atoms with Crippen molar-refractivity contribution in [3.8, 4) is 0 Å². The smallest absolute Gasteiger partial charge is 0.330 e. The van der Waals surface area contributed by atoms with Crippen molar-refractivity contribution in [1.29, 1.82) is 0 Å². The predicted octanol–water partition coefficient (Wildman–Crippen LogP) is 4.24. The van der Waals surface area contributed by atoms with Gasteiger partial charge in [-0.25, -0.2) is 4.79 Å². The maximum atomic E-state index is 11.5. The van der Waals surface area contributed by atoms with Crippen molar-refractivity contribution in [1.82, 2.24) is 0 Å². The summed E-state index contributed by atoms with van der Waals surface area (Å²) in [6, 6.07) is 0. The molecule has 0 aromatic heterocycles. The highest BCUT2D eigenvalue weighted by Crippen LogP contribution is 2.27. The number of rotatable bonds is 8. The van der Waals surface area contributed by atoms with E-state index in [0.717, 1.165) is 25.7 Å². The van der Waals surface area contributed by atoms with Crippen molar-refractivity contribution in [3.63, 3.8) is 0 Å². The minimum Gasteiger partial charge on any atom is -0.456 e. The molecule has 0 fully saturated rings. The van der Waals surface area contributed by atoms with Crippen LogP contribution in [0.3, 0.4) is 0 Å². The van der Waals surface area contributed by atoms with Gasteiger partial charge in [-0.15, -0.1) is 0 Å². The van der Waals surface area contributed by atoms with Gasteiger partial charge in [0.25, 0.3) is 0 Å². The van der Waals surface area contributed by atoms with E-state index < -0.39 is 0 Å². The molecule has 0 aromatic rings. The van der Waals surface area contributed by atoms with Crippen LogP contribution in [-0.2, 0) is 9.53 Å². The molecular formula is C14H26O2. The average molecular weight is 226 g/mol. The van der Waals surface area contributed by atoms with Gasteiger partial charge in [-0.3, -0.25) is 0 Å². The molecule has 0 aliphatic rings. The second-order valence-electron chi connectivity index (χ2n) is 4.27. The molecule has 94 valence electrons. The molecule has 0 N–H and O–H groups in total. The molecule has 2 nitrogen and oxygen atoms in total. The molecular weight excluding hydrogens is 200 g/mol. The van der Waals surface area contributed by atoms with Gasteiger partial charge in [-0.2, -0.15) is 0 Å². The second-order valence-corrected chi connectivity index (χ2v) is 4.27. The molecule has 0 aromatic carbocycles. The first-order chi connectivity index (χ1) is 7.64. The lowest BCUT2D eigenvalue weighted by atomic mass is 9.90. The number of ether oxygens (including phenoxy) is 1. The van der Waals surface area contributed by atoms with E-state index in [1.54, 1.807) is 6.08 Å². The van der Waals surface area contributed by atoms with Crippen LogP contribution in [-0.4, -0.2) is 11.6 Å². The molecule has 0 atom stereocenters. The van der Waals surface area contributed by atoms with Crippen molar-refractivity contribution >= 4 is 5.97 Å². The van der Waals surface area contributed by atoms with Crippen molar-refractivity contribution in [2.24, 2.45) is 0 Å². The van der Waals surface area contributed by atoms with Crippen LogP contribution < -0.4 is 0 Å². The Hall–Kier alpha value is -0.790. The van der Waals surface area contributed by atoms with Gasteiger partial charge in [0.05, 0.1) is 0 Å². The van der Waals surface area contributed by atoms with Gasteiger partial charge in [-0.1, -0.05) is 39.7 Å². The monoisotopic (exact) mass is 226 g/mol. The lowest BCUT2D eigenvalue weighted by molar-refractivity contribution is -0.155. The maximum absolute atomic E-state index is 11.5. The van der Waals surface area contributed by atoms with Crippen LogP contribution in [0.4, 0.5) is 0 Å². The van der Waals surface area contributed by atoms with Crippen LogP contribution >= 0.6 is 0 Å². The fraction of sp³-hybridized carbons (Fsp3) is 0.786. The number of allylic oxidation sites excluding steroid dienone is 1. The molecule has 0 saturated carbocycles. The molecule has 0 heterocycles. The van der Waals surface area contributed by atoms with Crippen LogP contribution in [0.5, 0.6) is 0 Å². The van der Waals surface area contributed by atoms with Crippen LogP contribution in [0.25, 0.3) is 0 Å². The zero-order chi connectivity index (χ0) is 12.4. The van der Waals surface area contributed by atoms with E-state index in [4.69, 9.17) is 4.74 Å². The Morgan fingerprint density at radius 3 is 2.25 bits per heavy atom. The SMILES string of the molecule is CC=CC(=O)OC(CC)(CC)CCCCC. The Bertz CT molecular complexity index is 215. The standard InChI is InChI=1S/C14H26O2/c1-5-9-10-12-14(7-3,8-4)16-13(15)11-6-2/h6,11H,5,7-10,12H2,1-4H3. The maximum Gasteiger partial charge on any atom is 0.330 e. The topological polar surface area (TPSA) is 26.3 Å². The number of esters is 1. The Kier molecular flexibility index (Phi) is 7.96. The van der Waals surface area contributed by atoms with Gasteiger partial charge in [-0.05, 0) is 32.6 Å². The molecule has 0 aliphatic heterocycles. The minimum atomic E-state index is -0.244. The van der Waals surface area contributed by atoms with Crippen molar-refractivity contribution in [3.05, 3.63) is 12.2 Å². The number of hydrogen-bond acceptors (Lipinski definition) is 2. The molecule has 0 amide bonds. The van der Waals surface area contributed by atoms with Gasteiger partial charge >= 0.3 is 5.97 Å². The summed E-state index contributed by atoms with van der Waals surface area (Å²) in [6.45, 7) is 8.21. The zero-order valence-electron chi connectivity index (χ0n) is 11.2. The lowest BCUT2D eigenvalue weighted by Gasteiger charge is -2.31. The largest absolute Gasteiger partial charge is 0.456 e. The van der Waals surface area contributed by atoms with E-state index >= 15 is 0 Å². The normalized spacial score (nSPS) is 12.0. The van der Waals surface area contributed by atoms with E-state index in [-0.39, 0.29) is 11.6 Å². The van der Waals surface area contributed by atoms with E-state index in [1.165, 1.54) is 18.9 Å². The summed E-state index contributed by atoms with van der Waals surface area (Å²) in [4.78, 5) is 11.5. The lowest BCUT2D eigenvalue weighted by Crippen LogP contribution is -2.33. The third kappa shape index (κ3) is 5.34. The molecule has 0 aliphatic carbocycles. The van der Waals surface area contributed by atoms with Crippen molar-refractivity contribution in [2.45, 2.75) is 71.8 Å². The number of hydrogen-bond donors (Lipinski definition) is 0. The average Bonchev–Trinajstić information content (AvgIpc) is 2.28. The summed E-state index contributed by atoms with van der Waals surface area (Å²) in [5.74, 6) is -0.206. The Morgan fingerprint density at radius 1 is 1.19 bits per heavy atom. The molecule has 0 spiro atoms. The van der Waals surface area contributed by atoms with Crippen molar-refractivity contribution in [2.75, 3.05) is 0 Å². The summed E-state index contributed by atoms with van der Waals surface area (Å²) in [5, 5.41) is 0. The molecule has 0 radical (unpaired) electrons. The summed E-state index contributed by atoms with van der Waals surface area (Å²) in [7, 11) is 0. The first-order valence-electron chi connectivity index (χ1n) is 6.49. The minimum absolute atomic E-state index is 0.206. The number of unbranched alkanes of at least 4 members (excludes halogenated alkanes) is 2. The Labute approximate surface area is 100 Å². The molecule has 16 heavy (non-hydrogen) atoms. The first kappa shape index (κ1) is 15.2. The molecule has 0 unspecified atom stereocenters. The molecule has 0 bridgehead atoms. The highest BCUT2D eigenvalue weighted by atomic mass is 16.6. The first-order valence-corrected chi connectivity index (χ1v) is 6.49. The van der Waals surface area contributed by atoms with E-state index in [0.29, 0.717) is 0 Å². The van der Waals surface area contributed by atoms with Gasteiger partial charge < -0.3 is 4.74 Å². The van der Waals surface area contributed by atoms with Crippen molar-refractivity contribution < 1.29 is 9.53 Å². The summed E-state index contributed by atoms with van der Waals surface area (Å²) in [6.07, 6.45) is 9.56. The molecule has 0 rings (SSSR count). The highest BCUT2D eigenvalue weighted by molar-refractivity contribution is 5.82. The number of carbonyl (C=O) groups is 1. The van der Waals surface area contributed by atoms with Gasteiger partial charge in [0.1, 0.15) is 5.60 Å². The quantitative estimate of drug-likeness (QED) is 0.351. The number of carbonyl (C=O) groups excluding carboxylic acids is 1. The fourth-order valence-corrected chi connectivity index (χ4v) is 1.88. The third-order valence-corrected chi connectivity index (χ3v) is 3.14. The predicted molar refractivity (Wildman–Crippen MR) is 68.4 cm³/mol. The van der Waals surface area contributed by atoms with Gasteiger partial charge in [0.2, 0.25) is 0 Å². The molecule has 0 saturated heterocycles. The summed E-state index contributed by atoms with van der Waals surface area (Å²) in [5.41, 5.74) is -0.244. The van der Waals surface area contributed by atoms with E-state index in [1.807, 2.05) is 6.92 Å². The molecule has 2 heteroatoms. The third-order valence-electron chi connectivity index (χ3n) is 3.14. The zero-order valence-corrected chi connectivity index (χ0v) is 11.2. The van der Waals surface area contributed by atoms with Gasteiger partial charge in [0.15, 0.2) is 0 Å². The van der Waals surface area contributed by atoms with Crippen LogP contribution in [0.1, 0.15) is 66.2 Å². The summed E-state index contributed by atoms with van der Waals surface area (Å²) < 4.78 is 5.60. The fourth-order valence-electron chi connectivity index (χ4n) is 1.88.